The fourth-order valence-electron chi connectivity index (χ4n) is 3.70. The third-order valence-electron chi connectivity index (χ3n) is 5.26. The fraction of sp³-hybridized carbons (Fsp3) is 0.588. The lowest BCUT2D eigenvalue weighted by Gasteiger charge is -2.34. The fourth-order valence-corrected chi connectivity index (χ4v) is 5.00. The molecular weight excluding hydrogens is 340 g/mol. The average Bonchev–Trinajstić information content (AvgIpc) is 3.14. The predicted molar refractivity (Wildman–Crippen MR) is 95.9 cm³/mol. The molecule has 2 aliphatic rings. The zero-order valence-corrected chi connectivity index (χ0v) is 15.5. The molecule has 0 radical (unpaired) electrons. The average molecular weight is 365 g/mol. The Morgan fingerprint density at radius 3 is 2.52 bits per heavy atom. The molecule has 7 nitrogen and oxygen atoms in total. The predicted octanol–water partition coefficient (Wildman–Crippen LogP) is -0.590. The smallest absolute Gasteiger partial charge is 0.282 e. The highest BCUT2D eigenvalue weighted by atomic mass is 32.1. The van der Waals surface area contributed by atoms with Gasteiger partial charge in [-0.15, -0.1) is 11.3 Å². The van der Waals surface area contributed by atoms with Crippen LogP contribution in [-0.4, -0.2) is 54.8 Å². The molecule has 3 amide bonds. The summed E-state index contributed by atoms with van der Waals surface area (Å²) in [6, 6.07) is -0.244. The van der Waals surface area contributed by atoms with E-state index in [0.29, 0.717) is 23.7 Å². The van der Waals surface area contributed by atoms with Crippen molar-refractivity contribution >= 4 is 34.1 Å². The van der Waals surface area contributed by atoms with Gasteiger partial charge in [0.15, 0.2) is 6.04 Å². The number of piperazine rings is 1. The number of nitrogens with one attached hydrogen (secondary N) is 2. The van der Waals surface area contributed by atoms with Crippen LogP contribution in [0.4, 0.5) is 5.00 Å². The topological polar surface area (TPSA) is 96.9 Å². The molecule has 1 aromatic rings. The van der Waals surface area contributed by atoms with Crippen LogP contribution in [0, 0.1) is 0 Å². The van der Waals surface area contributed by atoms with E-state index in [1.165, 1.54) is 16.2 Å². The summed E-state index contributed by atoms with van der Waals surface area (Å²) >= 11 is 1.48. The lowest BCUT2D eigenvalue weighted by Crippen LogP contribution is -3.19. The van der Waals surface area contributed by atoms with Gasteiger partial charge in [0.25, 0.3) is 11.8 Å². The molecule has 1 aromatic heterocycles. The number of fused-ring (bicyclic) bond motifs is 1. The summed E-state index contributed by atoms with van der Waals surface area (Å²) in [7, 11) is 0. The molecule has 1 aliphatic carbocycles. The Bertz CT molecular complexity index is 707. The number of primary amides is 1. The third-order valence-corrected chi connectivity index (χ3v) is 6.47. The Morgan fingerprint density at radius 1 is 1.24 bits per heavy atom. The highest BCUT2D eigenvalue weighted by Gasteiger charge is 2.32. The molecule has 0 saturated carbocycles. The standard InChI is InChI=1S/C17H24N4O3S/c1-10(20-6-8-21(9-7-20)11(2)22)16(24)19-17-14(15(18)23)12-4-3-5-13(12)25-17/h10H,3-9H2,1-2H3,(H2,18,23)(H,19,24)/p+1/t10-/m1/s1. The van der Waals surface area contributed by atoms with Crippen LogP contribution < -0.4 is 16.0 Å². The number of anilines is 1. The number of aryl methyl sites for hydroxylation is 1. The van der Waals surface area contributed by atoms with Crippen LogP contribution in [0.5, 0.6) is 0 Å². The summed E-state index contributed by atoms with van der Waals surface area (Å²) in [5.41, 5.74) is 7.06. The lowest BCUT2D eigenvalue weighted by molar-refractivity contribution is -0.917. The Balaban J connectivity index is 1.67. The van der Waals surface area contributed by atoms with Crippen molar-refractivity contribution in [2.24, 2.45) is 5.73 Å². The number of hydrogen-bond donors (Lipinski definition) is 3. The summed E-state index contributed by atoms with van der Waals surface area (Å²) in [4.78, 5) is 40.0. The van der Waals surface area contributed by atoms with Crippen molar-refractivity contribution < 1.29 is 19.3 Å². The minimum atomic E-state index is -0.468. The summed E-state index contributed by atoms with van der Waals surface area (Å²) < 4.78 is 0. The molecule has 1 aliphatic heterocycles. The quantitative estimate of drug-likeness (QED) is 0.665. The number of amides is 3. The summed E-state index contributed by atoms with van der Waals surface area (Å²) in [6.07, 6.45) is 2.84. The van der Waals surface area contributed by atoms with Crippen LogP contribution in [-0.2, 0) is 22.4 Å². The van der Waals surface area contributed by atoms with E-state index in [4.69, 9.17) is 5.73 Å². The van der Waals surface area contributed by atoms with E-state index in [2.05, 4.69) is 5.32 Å². The number of hydrogen-bond acceptors (Lipinski definition) is 4. The highest BCUT2D eigenvalue weighted by molar-refractivity contribution is 7.17. The maximum absolute atomic E-state index is 12.7. The molecule has 2 heterocycles. The maximum Gasteiger partial charge on any atom is 0.282 e. The molecule has 25 heavy (non-hydrogen) atoms. The second kappa shape index (κ2) is 7.13. The first-order valence-electron chi connectivity index (χ1n) is 8.73. The summed E-state index contributed by atoms with van der Waals surface area (Å²) in [5.74, 6) is -0.492. The lowest BCUT2D eigenvalue weighted by atomic mass is 10.1. The van der Waals surface area contributed by atoms with Crippen LogP contribution in [0.3, 0.4) is 0 Å². The zero-order valence-electron chi connectivity index (χ0n) is 14.7. The molecular formula is C17H25N4O3S+. The van der Waals surface area contributed by atoms with Gasteiger partial charge in [-0.2, -0.15) is 0 Å². The van der Waals surface area contributed by atoms with Crippen molar-refractivity contribution in [1.82, 2.24) is 4.90 Å². The van der Waals surface area contributed by atoms with Crippen LogP contribution >= 0.6 is 11.3 Å². The Hall–Kier alpha value is -1.93. The number of carbonyl (C=O) groups is 3. The van der Waals surface area contributed by atoms with Crippen molar-refractivity contribution in [3.05, 3.63) is 16.0 Å². The molecule has 8 heteroatoms. The summed E-state index contributed by atoms with van der Waals surface area (Å²) in [5, 5.41) is 3.52. The second-order valence-corrected chi connectivity index (χ2v) is 7.91. The van der Waals surface area contributed by atoms with Gasteiger partial charge >= 0.3 is 0 Å². The number of rotatable bonds is 4. The van der Waals surface area contributed by atoms with E-state index >= 15 is 0 Å². The van der Waals surface area contributed by atoms with Gasteiger partial charge in [0.1, 0.15) is 5.00 Å². The Morgan fingerprint density at radius 2 is 1.92 bits per heavy atom. The monoisotopic (exact) mass is 365 g/mol. The Kier molecular flexibility index (Phi) is 5.10. The van der Waals surface area contributed by atoms with Gasteiger partial charge in [-0.3, -0.25) is 14.4 Å². The first-order chi connectivity index (χ1) is 11.9. The van der Waals surface area contributed by atoms with Gasteiger partial charge in [-0.1, -0.05) is 0 Å². The van der Waals surface area contributed by atoms with E-state index < -0.39 is 5.91 Å². The third kappa shape index (κ3) is 3.55. The first-order valence-corrected chi connectivity index (χ1v) is 9.55. The minimum absolute atomic E-state index is 0.0790. The Labute approximate surface area is 151 Å². The van der Waals surface area contributed by atoms with E-state index in [-0.39, 0.29) is 17.9 Å². The molecule has 3 rings (SSSR count). The molecule has 1 saturated heterocycles. The van der Waals surface area contributed by atoms with Crippen LogP contribution in [0.25, 0.3) is 0 Å². The molecule has 0 unspecified atom stereocenters. The molecule has 4 N–H and O–H groups in total. The number of nitrogens with two attached hydrogens (primary N) is 1. The molecule has 0 bridgehead atoms. The van der Waals surface area contributed by atoms with Gasteiger partial charge < -0.3 is 20.9 Å². The van der Waals surface area contributed by atoms with Gasteiger partial charge in [-0.05, 0) is 31.7 Å². The number of thiophene rings is 1. The number of nitrogens with zero attached hydrogens (tertiary/aromatic N) is 1. The normalized spacial score (nSPS) is 18.7. The molecule has 0 spiro atoms. The molecule has 0 aromatic carbocycles. The van der Waals surface area contributed by atoms with Gasteiger partial charge in [-0.25, -0.2) is 0 Å². The largest absolute Gasteiger partial charge is 0.365 e. The van der Waals surface area contributed by atoms with E-state index in [0.717, 1.165) is 42.8 Å². The zero-order chi connectivity index (χ0) is 18.1. The van der Waals surface area contributed by atoms with E-state index in [9.17, 15) is 14.4 Å². The van der Waals surface area contributed by atoms with Crippen LogP contribution in [0.1, 0.15) is 41.1 Å². The van der Waals surface area contributed by atoms with Gasteiger partial charge in [0.2, 0.25) is 5.91 Å². The van der Waals surface area contributed by atoms with Crippen molar-refractivity contribution in [2.75, 3.05) is 31.5 Å². The molecule has 1 atom stereocenters. The van der Waals surface area contributed by atoms with Crippen LogP contribution in [0.15, 0.2) is 0 Å². The van der Waals surface area contributed by atoms with Gasteiger partial charge in [0.05, 0.1) is 31.7 Å². The first kappa shape index (κ1) is 17.9. The van der Waals surface area contributed by atoms with Crippen LogP contribution in [0.2, 0.25) is 0 Å². The highest BCUT2D eigenvalue weighted by Crippen LogP contribution is 2.38. The van der Waals surface area contributed by atoms with E-state index in [1.807, 2.05) is 11.8 Å². The van der Waals surface area contributed by atoms with Crippen molar-refractivity contribution in [2.45, 2.75) is 39.2 Å². The maximum atomic E-state index is 12.7. The number of quaternary nitrogens is 1. The minimum Gasteiger partial charge on any atom is -0.365 e. The second-order valence-electron chi connectivity index (χ2n) is 6.80. The van der Waals surface area contributed by atoms with E-state index in [1.54, 1.807) is 6.92 Å². The van der Waals surface area contributed by atoms with Gasteiger partial charge in [0, 0.05) is 11.8 Å². The summed E-state index contributed by atoms with van der Waals surface area (Å²) in [6.45, 7) is 6.29. The molecule has 136 valence electrons. The van der Waals surface area contributed by atoms with Crippen molar-refractivity contribution in [3.8, 4) is 0 Å². The van der Waals surface area contributed by atoms with Crippen molar-refractivity contribution in [1.29, 1.82) is 0 Å². The number of carbonyl (C=O) groups excluding carboxylic acids is 3. The SMILES string of the molecule is CC(=O)N1CC[NH+]([C@H](C)C(=O)Nc2sc3c(c2C(N)=O)CCC3)CC1. The van der Waals surface area contributed by atoms with Crippen molar-refractivity contribution in [3.63, 3.8) is 0 Å². The molecule has 1 fully saturated rings.